The molecule has 0 aromatic heterocycles. The van der Waals surface area contributed by atoms with Crippen molar-refractivity contribution in [2.45, 2.75) is 65.7 Å². The molecule has 20 heavy (non-hydrogen) atoms. The summed E-state index contributed by atoms with van der Waals surface area (Å²) >= 11 is 0. The second-order valence-corrected chi connectivity index (χ2v) is 4.76. The maximum Gasteiger partial charge on any atom is 0.334 e. The van der Waals surface area contributed by atoms with Crippen LogP contribution >= 0.6 is 0 Å². The minimum absolute atomic E-state index is 0.00860. The van der Waals surface area contributed by atoms with Gasteiger partial charge < -0.3 is 9.47 Å². The first kappa shape index (κ1) is 18.7. The predicted octanol–water partition coefficient (Wildman–Crippen LogP) is 3.79. The van der Waals surface area contributed by atoms with Gasteiger partial charge in [0.15, 0.2) is 0 Å². The number of unbranched alkanes of at least 4 members (excludes halogenated alkanes) is 3. The van der Waals surface area contributed by atoms with Gasteiger partial charge in [0, 0.05) is 5.57 Å². The Morgan fingerprint density at radius 1 is 0.900 bits per heavy atom. The Morgan fingerprint density at radius 2 is 1.50 bits per heavy atom. The number of allylic oxidation sites excluding steroid dienone is 1. The van der Waals surface area contributed by atoms with Gasteiger partial charge in [-0.05, 0) is 19.3 Å². The molecule has 4 nitrogen and oxygen atoms in total. The van der Waals surface area contributed by atoms with Gasteiger partial charge in [-0.1, -0.05) is 46.1 Å². The number of carbonyl (C=O) groups is 2. The highest BCUT2D eigenvalue weighted by atomic mass is 16.5. The summed E-state index contributed by atoms with van der Waals surface area (Å²) in [5, 5.41) is 0. The Morgan fingerprint density at radius 3 is 2.05 bits per heavy atom. The van der Waals surface area contributed by atoms with Crippen molar-refractivity contribution in [1.29, 1.82) is 0 Å². The standard InChI is InChI=1S/C16H28O4/c1-4-7-10-14(16(18)20-12-9-6-3)13-15(17)19-11-8-5-2/h10H,4-9,11-13H2,1-3H3. The monoisotopic (exact) mass is 284 g/mol. The zero-order chi connectivity index (χ0) is 15.2. The molecule has 0 aromatic rings. The van der Waals surface area contributed by atoms with Crippen LogP contribution in [0.2, 0.25) is 0 Å². The number of esters is 2. The van der Waals surface area contributed by atoms with Crippen molar-refractivity contribution in [3.63, 3.8) is 0 Å². The third-order valence-electron chi connectivity index (χ3n) is 2.77. The molecule has 0 rings (SSSR count). The molecule has 0 N–H and O–H groups in total. The molecule has 0 aliphatic carbocycles. The molecule has 0 bridgehead atoms. The van der Waals surface area contributed by atoms with E-state index in [0.29, 0.717) is 18.8 Å². The van der Waals surface area contributed by atoms with Crippen molar-refractivity contribution in [1.82, 2.24) is 0 Å². The predicted molar refractivity (Wildman–Crippen MR) is 79.3 cm³/mol. The normalized spacial score (nSPS) is 11.2. The molecule has 0 saturated heterocycles. The lowest BCUT2D eigenvalue weighted by atomic mass is 10.1. The minimum atomic E-state index is -0.389. The third-order valence-corrected chi connectivity index (χ3v) is 2.77. The fraction of sp³-hybridized carbons (Fsp3) is 0.750. The zero-order valence-corrected chi connectivity index (χ0v) is 13.1. The molecule has 0 saturated carbocycles. The lowest BCUT2D eigenvalue weighted by Crippen LogP contribution is -2.15. The Hall–Kier alpha value is -1.32. The van der Waals surface area contributed by atoms with Gasteiger partial charge in [0.25, 0.3) is 0 Å². The molecule has 0 spiro atoms. The maximum absolute atomic E-state index is 11.9. The molecule has 0 radical (unpaired) electrons. The van der Waals surface area contributed by atoms with Crippen molar-refractivity contribution in [3.8, 4) is 0 Å². The van der Waals surface area contributed by atoms with Gasteiger partial charge in [0.2, 0.25) is 0 Å². The molecular weight excluding hydrogens is 256 g/mol. The maximum atomic E-state index is 11.9. The van der Waals surface area contributed by atoms with Crippen LogP contribution in [0.1, 0.15) is 65.7 Å². The third kappa shape index (κ3) is 9.59. The molecule has 0 aliphatic heterocycles. The van der Waals surface area contributed by atoms with Crippen LogP contribution < -0.4 is 0 Å². The highest BCUT2D eigenvalue weighted by Gasteiger charge is 2.15. The van der Waals surface area contributed by atoms with Crippen LogP contribution in [0.3, 0.4) is 0 Å². The van der Waals surface area contributed by atoms with Crippen LogP contribution in [0, 0.1) is 0 Å². The van der Waals surface area contributed by atoms with E-state index in [1.54, 1.807) is 6.08 Å². The van der Waals surface area contributed by atoms with Crippen LogP contribution in [0.5, 0.6) is 0 Å². The number of carbonyl (C=O) groups excluding carboxylic acids is 2. The fourth-order valence-corrected chi connectivity index (χ4v) is 1.49. The fourth-order valence-electron chi connectivity index (χ4n) is 1.49. The van der Waals surface area contributed by atoms with Crippen molar-refractivity contribution in [2.75, 3.05) is 13.2 Å². The van der Waals surface area contributed by atoms with Gasteiger partial charge in [-0.15, -0.1) is 0 Å². The summed E-state index contributed by atoms with van der Waals surface area (Å²) in [6.45, 7) is 6.92. The Kier molecular flexibility index (Phi) is 11.9. The van der Waals surface area contributed by atoms with Crippen LogP contribution in [0.15, 0.2) is 11.6 Å². The van der Waals surface area contributed by atoms with Crippen molar-refractivity contribution < 1.29 is 19.1 Å². The molecule has 0 aliphatic rings. The van der Waals surface area contributed by atoms with Crippen LogP contribution in [-0.2, 0) is 19.1 Å². The van der Waals surface area contributed by atoms with Gasteiger partial charge >= 0.3 is 11.9 Å². The van der Waals surface area contributed by atoms with E-state index in [-0.39, 0.29) is 18.4 Å². The van der Waals surface area contributed by atoms with E-state index in [4.69, 9.17) is 9.47 Å². The summed E-state index contributed by atoms with van der Waals surface area (Å²) in [6, 6.07) is 0. The van der Waals surface area contributed by atoms with Crippen molar-refractivity contribution in [2.24, 2.45) is 0 Å². The lowest BCUT2D eigenvalue weighted by Gasteiger charge is -2.08. The molecule has 0 heterocycles. The van der Waals surface area contributed by atoms with Gasteiger partial charge in [-0.25, -0.2) is 4.79 Å². The smallest absolute Gasteiger partial charge is 0.334 e. The Labute approximate surface area is 122 Å². The quantitative estimate of drug-likeness (QED) is 0.329. The molecule has 0 fully saturated rings. The molecular formula is C16H28O4. The van der Waals surface area contributed by atoms with Gasteiger partial charge in [0.05, 0.1) is 19.6 Å². The second-order valence-electron chi connectivity index (χ2n) is 4.76. The summed E-state index contributed by atoms with van der Waals surface area (Å²) in [5.41, 5.74) is 0.421. The largest absolute Gasteiger partial charge is 0.465 e. The molecule has 116 valence electrons. The molecule has 0 unspecified atom stereocenters. The van der Waals surface area contributed by atoms with E-state index in [1.165, 1.54) is 0 Å². The average Bonchev–Trinajstić information content (AvgIpc) is 2.43. The summed E-state index contributed by atoms with van der Waals surface area (Å²) in [4.78, 5) is 23.5. The lowest BCUT2D eigenvalue weighted by molar-refractivity contribution is -0.146. The van der Waals surface area contributed by atoms with E-state index < -0.39 is 0 Å². The Balaban J connectivity index is 4.33. The minimum Gasteiger partial charge on any atom is -0.465 e. The van der Waals surface area contributed by atoms with E-state index in [2.05, 4.69) is 0 Å². The van der Waals surface area contributed by atoms with Crippen LogP contribution in [-0.4, -0.2) is 25.2 Å². The SMILES string of the molecule is CCCC=C(CC(=O)OCCCC)C(=O)OCCCC. The summed E-state index contributed by atoms with van der Waals surface area (Å²) in [5.74, 6) is -0.743. The first-order valence-electron chi connectivity index (χ1n) is 7.67. The summed E-state index contributed by atoms with van der Waals surface area (Å²) < 4.78 is 10.2. The van der Waals surface area contributed by atoms with Gasteiger partial charge in [0.1, 0.15) is 0 Å². The first-order valence-corrected chi connectivity index (χ1v) is 7.67. The number of hydrogen-bond acceptors (Lipinski definition) is 4. The number of rotatable bonds is 11. The highest BCUT2D eigenvalue weighted by Crippen LogP contribution is 2.09. The van der Waals surface area contributed by atoms with E-state index in [0.717, 1.165) is 38.5 Å². The second kappa shape index (κ2) is 12.7. The number of ether oxygens (including phenoxy) is 2. The van der Waals surface area contributed by atoms with Crippen LogP contribution in [0.4, 0.5) is 0 Å². The topological polar surface area (TPSA) is 52.6 Å². The first-order chi connectivity index (χ1) is 9.65. The highest BCUT2D eigenvalue weighted by molar-refractivity contribution is 5.93. The number of hydrogen-bond donors (Lipinski definition) is 0. The van der Waals surface area contributed by atoms with Gasteiger partial charge in [-0.2, -0.15) is 0 Å². The summed E-state index contributed by atoms with van der Waals surface area (Å²) in [7, 11) is 0. The van der Waals surface area contributed by atoms with Crippen molar-refractivity contribution in [3.05, 3.63) is 11.6 Å². The molecule has 0 atom stereocenters. The van der Waals surface area contributed by atoms with Crippen LogP contribution in [0.25, 0.3) is 0 Å². The Bertz CT molecular complexity index is 308. The molecule has 0 aromatic carbocycles. The average molecular weight is 284 g/mol. The van der Waals surface area contributed by atoms with Crippen molar-refractivity contribution >= 4 is 11.9 Å². The zero-order valence-electron chi connectivity index (χ0n) is 13.1. The van der Waals surface area contributed by atoms with E-state index in [9.17, 15) is 9.59 Å². The summed E-state index contributed by atoms with van der Waals surface area (Å²) in [6.07, 6.45) is 7.13. The van der Waals surface area contributed by atoms with Gasteiger partial charge in [-0.3, -0.25) is 4.79 Å². The van der Waals surface area contributed by atoms with E-state index >= 15 is 0 Å². The molecule has 0 amide bonds. The van der Waals surface area contributed by atoms with E-state index in [1.807, 2.05) is 20.8 Å². The molecule has 4 heteroatoms.